The van der Waals surface area contributed by atoms with E-state index < -0.39 is 0 Å². The van der Waals surface area contributed by atoms with Crippen LogP contribution in [0.5, 0.6) is 0 Å². The van der Waals surface area contributed by atoms with Crippen molar-refractivity contribution >= 4 is 5.97 Å². The number of hydrogen-bond donors (Lipinski definition) is 0. The van der Waals surface area contributed by atoms with E-state index in [9.17, 15) is 9.18 Å². The molecule has 108 valence electrons. The molecule has 0 atom stereocenters. The van der Waals surface area contributed by atoms with Gasteiger partial charge in [0.2, 0.25) is 0 Å². The van der Waals surface area contributed by atoms with Gasteiger partial charge in [-0.2, -0.15) is 0 Å². The highest BCUT2D eigenvalue weighted by Crippen LogP contribution is 2.21. The summed E-state index contributed by atoms with van der Waals surface area (Å²) in [5.74, 6) is -0.575. The van der Waals surface area contributed by atoms with Crippen molar-refractivity contribution in [2.24, 2.45) is 0 Å². The third kappa shape index (κ3) is 4.28. The molecule has 0 unspecified atom stereocenters. The minimum atomic E-state index is -0.338. The van der Waals surface area contributed by atoms with Gasteiger partial charge in [0.1, 0.15) is 5.82 Å². The fourth-order valence-corrected chi connectivity index (χ4v) is 2.09. The van der Waals surface area contributed by atoms with Crippen molar-refractivity contribution in [3.8, 4) is 11.1 Å². The number of ether oxygens (including phenoxy) is 1. The van der Waals surface area contributed by atoms with Gasteiger partial charge in [0.25, 0.3) is 0 Å². The summed E-state index contributed by atoms with van der Waals surface area (Å²) in [6.45, 7) is 1.89. The number of carbonyl (C=O) groups excluding carboxylic acids is 1. The van der Waals surface area contributed by atoms with E-state index in [2.05, 4.69) is 4.74 Å². The van der Waals surface area contributed by atoms with Crippen molar-refractivity contribution < 1.29 is 13.9 Å². The Kier molecular flexibility index (Phi) is 4.88. The van der Waals surface area contributed by atoms with Crippen LogP contribution in [0.15, 0.2) is 60.2 Å². The summed E-state index contributed by atoms with van der Waals surface area (Å²) in [4.78, 5) is 11.1. The Labute approximate surface area is 123 Å². The van der Waals surface area contributed by atoms with Crippen LogP contribution in [0.25, 0.3) is 11.1 Å². The summed E-state index contributed by atoms with van der Waals surface area (Å²) in [7, 11) is 1.36. The molecule has 0 amide bonds. The van der Waals surface area contributed by atoms with E-state index >= 15 is 0 Å². The van der Waals surface area contributed by atoms with Crippen molar-refractivity contribution in [2.75, 3.05) is 7.11 Å². The molecule has 3 heteroatoms. The van der Waals surface area contributed by atoms with Gasteiger partial charge in [-0.15, -0.1) is 0 Å². The number of methoxy groups -OCH3 is 1. The highest BCUT2D eigenvalue weighted by Gasteiger charge is 2.01. The summed E-state index contributed by atoms with van der Waals surface area (Å²) in [6, 6.07) is 14.4. The van der Waals surface area contributed by atoms with Crippen molar-refractivity contribution in [1.29, 1.82) is 0 Å². The largest absolute Gasteiger partial charge is 0.466 e. The number of benzene rings is 2. The topological polar surface area (TPSA) is 26.3 Å². The molecule has 2 aromatic carbocycles. The van der Waals surface area contributed by atoms with Crippen LogP contribution in [0.4, 0.5) is 4.39 Å². The standard InChI is InChI=1S/C18H17FO2/c1-13(12-18(20)21-2)11-14-3-5-15(6-4-14)16-7-9-17(19)10-8-16/h3-10,12H,11H2,1-2H3/b13-12+. The molecule has 21 heavy (non-hydrogen) atoms. The SMILES string of the molecule is COC(=O)/C=C(\C)Cc1ccc(-c2ccc(F)cc2)cc1. The number of halogens is 1. The second kappa shape index (κ2) is 6.84. The van der Waals surface area contributed by atoms with Crippen LogP contribution < -0.4 is 0 Å². The van der Waals surface area contributed by atoms with Gasteiger partial charge in [-0.25, -0.2) is 9.18 Å². The van der Waals surface area contributed by atoms with Gasteiger partial charge in [0.15, 0.2) is 0 Å². The molecule has 0 saturated heterocycles. The van der Waals surface area contributed by atoms with E-state index in [0.29, 0.717) is 6.42 Å². The van der Waals surface area contributed by atoms with Gasteiger partial charge >= 0.3 is 5.97 Å². The molecule has 0 N–H and O–H groups in total. The molecule has 0 aliphatic rings. The molecule has 0 radical (unpaired) electrons. The van der Waals surface area contributed by atoms with E-state index in [4.69, 9.17) is 0 Å². The molecule has 0 fully saturated rings. The summed E-state index contributed by atoms with van der Waals surface area (Å²) in [5.41, 5.74) is 4.06. The zero-order valence-electron chi connectivity index (χ0n) is 12.1. The first kappa shape index (κ1) is 15.0. The second-order valence-corrected chi connectivity index (χ2v) is 4.89. The average Bonchev–Trinajstić information content (AvgIpc) is 2.48. The predicted octanol–water partition coefficient (Wildman–Crippen LogP) is 4.15. The Balaban J connectivity index is 2.10. The van der Waals surface area contributed by atoms with E-state index in [1.54, 1.807) is 12.1 Å². The van der Waals surface area contributed by atoms with Gasteiger partial charge in [0.05, 0.1) is 7.11 Å². The van der Waals surface area contributed by atoms with Crippen molar-refractivity contribution in [3.05, 3.63) is 71.6 Å². The molecule has 0 spiro atoms. The van der Waals surface area contributed by atoms with E-state index in [1.165, 1.54) is 25.3 Å². The molecule has 2 aromatic rings. The van der Waals surface area contributed by atoms with Gasteiger partial charge in [-0.05, 0) is 42.2 Å². The quantitative estimate of drug-likeness (QED) is 0.622. The minimum absolute atomic E-state index is 0.237. The molecular weight excluding hydrogens is 267 g/mol. The Morgan fingerprint density at radius 2 is 1.57 bits per heavy atom. The lowest BCUT2D eigenvalue weighted by Gasteiger charge is -2.05. The summed E-state index contributed by atoms with van der Waals surface area (Å²) < 4.78 is 17.5. The first-order valence-corrected chi connectivity index (χ1v) is 6.68. The molecule has 0 aromatic heterocycles. The zero-order chi connectivity index (χ0) is 15.2. The number of allylic oxidation sites excluding steroid dienone is 1. The van der Waals surface area contributed by atoms with Crippen LogP contribution in [0.3, 0.4) is 0 Å². The lowest BCUT2D eigenvalue weighted by molar-refractivity contribution is -0.134. The average molecular weight is 284 g/mol. The van der Waals surface area contributed by atoms with Gasteiger partial charge < -0.3 is 4.74 Å². The maximum Gasteiger partial charge on any atom is 0.330 e. The van der Waals surface area contributed by atoms with Crippen molar-refractivity contribution in [3.63, 3.8) is 0 Å². The Hall–Kier alpha value is -2.42. The van der Waals surface area contributed by atoms with Crippen molar-refractivity contribution in [2.45, 2.75) is 13.3 Å². The minimum Gasteiger partial charge on any atom is -0.466 e. The van der Waals surface area contributed by atoms with Crippen LogP contribution in [0.1, 0.15) is 12.5 Å². The number of hydrogen-bond acceptors (Lipinski definition) is 2. The summed E-state index contributed by atoms with van der Waals surface area (Å²) in [5, 5.41) is 0. The van der Waals surface area contributed by atoms with Gasteiger partial charge in [-0.1, -0.05) is 42.0 Å². The highest BCUT2D eigenvalue weighted by atomic mass is 19.1. The van der Waals surface area contributed by atoms with Crippen LogP contribution in [-0.2, 0) is 16.0 Å². The second-order valence-electron chi connectivity index (χ2n) is 4.89. The molecule has 0 heterocycles. The highest BCUT2D eigenvalue weighted by molar-refractivity contribution is 5.82. The molecule has 0 saturated carbocycles. The summed E-state index contributed by atoms with van der Waals surface area (Å²) in [6.07, 6.45) is 2.19. The zero-order valence-corrected chi connectivity index (χ0v) is 12.1. The normalized spacial score (nSPS) is 11.3. The third-order valence-corrected chi connectivity index (χ3v) is 3.18. The van der Waals surface area contributed by atoms with Crippen LogP contribution in [0, 0.1) is 5.82 Å². The van der Waals surface area contributed by atoms with Crippen LogP contribution in [-0.4, -0.2) is 13.1 Å². The predicted molar refractivity (Wildman–Crippen MR) is 81.3 cm³/mol. The Morgan fingerprint density at radius 3 is 2.10 bits per heavy atom. The first-order chi connectivity index (χ1) is 10.1. The van der Waals surface area contributed by atoms with Gasteiger partial charge in [-0.3, -0.25) is 0 Å². The fourth-order valence-electron chi connectivity index (χ4n) is 2.09. The monoisotopic (exact) mass is 284 g/mol. The molecule has 0 aliphatic heterocycles. The van der Waals surface area contributed by atoms with E-state index in [0.717, 1.165) is 22.3 Å². The Morgan fingerprint density at radius 1 is 1.05 bits per heavy atom. The number of carbonyl (C=O) groups is 1. The van der Waals surface area contributed by atoms with E-state index in [1.807, 2.05) is 31.2 Å². The third-order valence-electron chi connectivity index (χ3n) is 3.18. The van der Waals surface area contributed by atoms with Crippen LogP contribution in [0.2, 0.25) is 0 Å². The van der Waals surface area contributed by atoms with E-state index in [-0.39, 0.29) is 11.8 Å². The first-order valence-electron chi connectivity index (χ1n) is 6.68. The molecule has 0 aliphatic carbocycles. The molecular formula is C18H17FO2. The number of esters is 1. The molecule has 2 nitrogen and oxygen atoms in total. The number of rotatable bonds is 4. The molecule has 0 bridgehead atoms. The smallest absolute Gasteiger partial charge is 0.330 e. The molecule has 2 rings (SSSR count). The summed E-state index contributed by atoms with van der Waals surface area (Å²) >= 11 is 0. The van der Waals surface area contributed by atoms with Crippen LogP contribution >= 0.6 is 0 Å². The maximum absolute atomic E-state index is 12.9. The lowest BCUT2D eigenvalue weighted by atomic mass is 10.0. The Bertz CT molecular complexity index is 640. The lowest BCUT2D eigenvalue weighted by Crippen LogP contribution is -1.97. The maximum atomic E-state index is 12.9. The fraction of sp³-hybridized carbons (Fsp3) is 0.167. The van der Waals surface area contributed by atoms with Gasteiger partial charge in [0, 0.05) is 6.08 Å². The van der Waals surface area contributed by atoms with Crippen molar-refractivity contribution in [1.82, 2.24) is 0 Å².